The molecule has 4 heterocycles. The van der Waals surface area contributed by atoms with Crippen molar-refractivity contribution in [1.29, 1.82) is 0 Å². The van der Waals surface area contributed by atoms with Crippen molar-refractivity contribution in [3.05, 3.63) is 0 Å². The molecule has 4 aliphatic heterocycles. The standard InChI is InChI=1S/C46H84O23/c1-20(2)5-6-26-38(54)43(59)41(57)32(67-26)19-62-9-7-28-39(55)44(60)45(61)46(69-28)65-10-8-27-37(53)35(51)24(29(66-27)11-21(3)4)16-64-18-31-25(36(52)40(56)30(14-48)68-31)17-63-15-23-12-22(13-47)33(49)42(58)34(23)50/h20-61H,5-19H2,1-4H3. The second kappa shape index (κ2) is 27.6. The Kier molecular flexibility index (Phi) is 23.6. The zero-order valence-electron chi connectivity index (χ0n) is 40.2. The molecule has 0 amide bonds. The quantitative estimate of drug-likeness (QED) is 0.0402. The third kappa shape index (κ3) is 15.1. The van der Waals surface area contributed by atoms with Crippen LogP contribution < -0.4 is 0 Å². The van der Waals surface area contributed by atoms with Gasteiger partial charge in [0.2, 0.25) is 0 Å². The largest absolute Gasteiger partial charge is 0.396 e. The molecule has 0 radical (unpaired) electrons. The van der Waals surface area contributed by atoms with E-state index in [2.05, 4.69) is 0 Å². The number of rotatable bonds is 24. The lowest BCUT2D eigenvalue weighted by molar-refractivity contribution is -0.301. The molecule has 25 atom stereocenters. The Morgan fingerprint density at radius 3 is 1.49 bits per heavy atom. The maximum absolute atomic E-state index is 11.5. The molecule has 5 aliphatic rings. The van der Waals surface area contributed by atoms with Crippen LogP contribution in [0.4, 0.5) is 0 Å². The van der Waals surface area contributed by atoms with Crippen LogP contribution in [-0.4, -0.2) is 264 Å². The van der Waals surface area contributed by atoms with Gasteiger partial charge < -0.3 is 114 Å². The van der Waals surface area contributed by atoms with E-state index in [1.54, 1.807) is 0 Å². The van der Waals surface area contributed by atoms with Crippen LogP contribution >= 0.6 is 0 Å². The first-order valence-corrected chi connectivity index (χ1v) is 24.7. The highest BCUT2D eigenvalue weighted by Gasteiger charge is 2.49. The van der Waals surface area contributed by atoms with Crippen LogP contribution in [0.3, 0.4) is 0 Å². The van der Waals surface area contributed by atoms with Crippen LogP contribution in [0.25, 0.3) is 0 Å². The molecule has 4 saturated heterocycles. The summed E-state index contributed by atoms with van der Waals surface area (Å²) >= 11 is 0. The first-order chi connectivity index (χ1) is 32.7. The van der Waals surface area contributed by atoms with E-state index < -0.39 is 165 Å². The molecule has 1 aliphatic carbocycles. The van der Waals surface area contributed by atoms with Crippen LogP contribution in [0.5, 0.6) is 0 Å². The smallest absolute Gasteiger partial charge is 0.186 e. The van der Waals surface area contributed by atoms with Crippen molar-refractivity contribution in [3.8, 4) is 0 Å². The van der Waals surface area contributed by atoms with Gasteiger partial charge in [0.05, 0.1) is 101 Å². The van der Waals surface area contributed by atoms with Gasteiger partial charge in [-0.05, 0) is 50.4 Å². The van der Waals surface area contributed by atoms with Gasteiger partial charge in [-0.3, -0.25) is 0 Å². The molecule has 0 aromatic rings. The maximum atomic E-state index is 11.5. The lowest BCUT2D eigenvalue weighted by atomic mass is 9.76. The average molecular weight is 1010 g/mol. The van der Waals surface area contributed by atoms with Crippen molar-refractivity contribution in [2.24, 2.45) is 35.5 Å². The molecule has 0 spiro atoms. The highest BCUT2D eigenvalue weighted by molar-refractivity contribution is 4.97. The first kappa shape index (κ1) is 59.0. The minimum atomic E-state index is -1.66. The van der Waals surface area contributed by atoms with Gasteiger partial charge in [0.25, 0.3) is 0 Å². The summed E-state index contributed by atoms with van der Waals surface area (Å²) in [5, 5.41) is 159. The van der Waals surface area contributed by atoms with Crippen molar-refractivity contribution < 1.29 is 114 Å². The molecule has 406 valence electrons. The zero-order chi connectivity index (χ0) is 50.9. The number of ether oxygens (including phenoxy) is 8. The molecule has 15 N–H and O–H groups in total. The van der Waals surface area contributed by atoms with E-state index in [0.717, 1.165) is 6.42 Å². The monoisotopic (exact) mass is 1000 g/mol. The van der Waals surface area contributed by atoms with E-state index in [1.165, 1.54) is 0 Å². The fraction of sp³-hybridized carbons (Fsp3) is 1.00. The number of aliphatic hydroxyl groups is 15. The summed E-state index contributed by atoms with van der Waals surface area (Å²) in [6, 6.07) is 0. The molecule has 0 aromatic heterocycles. The van der Waals surface area contributed by atoms with Gasteiger partial charge in [-0.25, -0.2) is 0 Å². The Balaban J connectivity index is 1.11. The molecule has 0 bridgehead atoms. The third-order valence-corrected chi connectivity index (χ3v) is 14.6. The Morgan fingerprint density at radius 2 is 0.870 bits per heavy atom. The van der Waals surface area contributed by atoms with E-state index in [-0.39, 0.29) is 71.4 Å². The fourth-order valence-corrected chi connectivity index (χ4v) is 10.2. The van der Waals surface area contributed by atoms with Gasteiger partial charge in [-0.2, -0.15) is 0 Å². The van der Waals surface area contributed by atoms with Gasteiger partial charge in [0.15, 0.2) is 6.29 Å². The molecule has 25 unspecified atom stereocenters. The predicted molar refractivity (Wildman–Crippen MR) is 237 cm³/mol. The van der Waals surface area contributed by atoms with E-state index in [4.69, 9.17) is 37.9 Å². The van der Waals surface area contributed by atoms with Crippen molar-refractivity contribution in [3.63, 3.8) is 0 Å². The molecular formula is C46H84O23. The van der Waals surface area contributed by atoms with Gasteiger partial charge in [0, 0.05) is 36.9 Å². The summed E-state index contributed by atoms with van der Waals surface area (Å²) in [5.74, 6) is -2.60. The lowest BCUT2D eigenvalue weighted by Crippen LogP contribution is -2.59. The van der Waals surface area contributed by atoms with Crippen LogP contribution in [0.15, 0.2) is 0 Å². The van der Waals surface area contributed by atoms with E-state index in [0.29, 0.717) is 18.8 Å². The highest BCUT2D eigenvalue weighted by atomic mass is 16.7. The minimum Gasteiger partial charge on any atom is -0.396 e. The van der Waals surface area contributed by atoms with Crippen molar-refractivity contribution in [2.75, 3.05) is 59.5 Å². The molecule has 69 heavy (non-hydrogen) atoms. The second-order valence-corrected chi connectivity index (χ2v) is 20.7. The zero-order valence-corrected chi connectivity index (χ0v) is 40.2. The second-order valence-electron chi connectivity index (χ2n) is 20.7. The lowest BCUT2D eigenvalue weighted by Gasteiger charge is -2.45. The summed E-state index contributed by atoms with van der Waals surface area (Å²) in [4.78, 5) is 0. The van der Waals surface area contributed by atoms with E-state index in [1.807, 2.05) is 27.7 Å². The SMILES string of the molecule is CC(C)CCC1OC(COCCC2OC(OCCC3OC(CC(C)C)C(COCC4OC(CO)C(O)C(O)C4COCC4CC(CO)C(O)C(O)C4O)C(O)C3O)C(O)C(O)C2O)C(O)C(O)C1O. The number of aliphatic hydroxyl groups excluding tert-OH is 15. The molecule has 0 aromatic carbocycles. The minimum absolute atomic E-state index is 0.0142. The fourth-order valence-electron chi connectivity index (χ4n) is 10.2. The van der Waals surface area contributed by atoms with Gasteiger partial charge in [-0.15, -0.1) is 0 Å². The molecule has 5 fully saturated rings. The molecule has 5 rings (SSSR count). The van der Waals surface area contributed by atoms with Crippen molar-refractivity contribution in [2.45, 2.75) is 195 Å². The van der Waals surface area contributed by atoms with Gasteiger partial charge >= 0.3 is 0 Å². The van der Waals surface area contributed by atoms with Crippen molar-refractivity contribution in [1.82, 2.24) is 0 Å². The molecule has 23 heteroatoms. The average Bonchev–Trinajstić information content (AvgIpc) is 3.31. The van der Waals surface area contributed by atoms with Crippen LogP contribution in [0.1, 0.15) is 66.2 Å². The Hall–Kier alpha value is -0.920. The summed E-state index contributed by atoms with van der Waals surface area (Å²) in [6.45, 7) is 5.87. The Bertz CT molecular complexity index is 1450. The topological polar surface area (TPSA) is 377 Å². The van der Waals surface area contributed by atoms with Crippen LogP contribution in [0, 0.1) is 35.5 Å². The first-order valence-electron chi connectivity index (χ1n) is 24.7. The number of hydrogen-bond donors (Lipinski definition) is 15. The van der Waals surface area contributed by atoms with Crippen molar-refractivity contribution >= 4 is 0 Å². The van der Waals surface area contributed by atoms with Crippen LogP contribution in [0.2, 0.25) is 0 Å². The Morgan fingerprint density at radius 1 is 0.391 bits per heavy atom. The molecular weight excluding hydrogens is 920 g/mol. The Labute approximate surface area is 403 Å². The summed E-state index contributed by atoms with van der Waals surface area (Å²) in [6.07, 6.45) is -24.7. The summed E-state index contributed by atoms with van der Waals surface area (Å²) in [5.41, 5.74) is 0. The normalized spacial score (nSPS) is 45.6. The van der Waals surface area contributed by atoms with Gasteiger partial charge in [0.1, 0.15) is 67.1 Å². The van der Waals surface area contributed by atoms with E-state index >= 15 is 0 Å². The molecule has 23 nitrogen and oxygen atoms in total. The highest BCUT2D eigenvalue weighted by Crippen LogP contribution is 2.35. The predicted octanol–water partition coefficient (Wildman–Crippen LogP) is -5.11. The van der Waals surface area contributed by atoms with Crippen LogP contribution in [-0.2, 0) is 37.9 Å². The van der Waals surface area contributed by atoms with E-state index in [9.17, 15) is 76.6 Å². The van der Waals surface area contributed by atoms with Gasteiger partial charge in [-0.1, -0.05) is 27.7 Å². The maximum Gasteiger partial charge on any atom is 0.186 e. The third-order valence-electron chi connectivity index (χ3n) is 14.6. The number of hydrogen-bond acceptors (Lipinski definition) is 23. The molecule has 1 saturated carbocycles. The summed E-state index contributed by atoms with van der Waals surface area (Å²) in [7, 11) is 0. The summed E-state index contributed by atoms with van der Waals surface area (Å²) < 4.78 is 47.4.